The first-order valence-electron chi connectivity index (χ1n) is 8.19. The molecule has 0 aliphatic rings. The highest BCUT2D eigenvalue weighted by molar-refractivity contribution is 5.98. The van der Waals surface area contributed by atoms with E-state index < -0.39 is 6.03 Å². The van der Waals surface area contributed by atoms with Gasteiger partial charge >= 0.3 is 6.03 Å². The number of methoxy groups -OCH3 is 1. The van der Waals surface area contributed by atoms with Crippen molar-refractivity contribution in [3.63, 3.8) is 0 Å². The van der Waals surface area contributed by atoms with E-state index in [2.05, 4.69) is 16.0 Å². The van der Waals surface area contributed by atoms with Crippen LogP contribution in [0.5, 0.6) is 5.75 Å². The van der Waals surface area contributed by atoms with Gasteiger partial charge in [0, 0.05) is 37.1 Å². The smallest absolute Gasteiger partial charge is 0.319 e. The van der Waals surface area contributed by atoms with Gasteiger partial charge in [-0.15, -0.1) is 0 Å². The van der Waals surface area contributed by atoms with Gasteiger partial charge in [-0.1, -0.05) is 6.07 Å². The number of carbonyl (C=O) groups excluding carboxylic acids is 3. The van der Waals surface area contributed by atoms with Crippen LogP contribution in [0.25, 0.3) is 0 Å². The van der Waals surface area contributed by atoms with Crippen LogP contribution in [-0.2, 0) is 4.79 Å². The number of nitrogens with one attached hydrogen (secondary N) is 3. The van der Waals surface area contributed by atoms with Crippen molar-refractivity contribution in [3.8, 4) is 5.75 Å². The molecule has 0 atom stereocenters. The lowest BCUT2D eigenvalue weighted by Gasteiger charge is -2.11. The number of ether oxygens (including phenoxy) is 1. The summed E-state index contributed by atoms with van der Waals surface area (Å²) in [5, 5.41) is 7.73. The summed E-state index contributed by atoms with van der Waals surface area (Å²) in [5.41, 5.74) is 1.60. The first-order valence-corrected chi connectivity index (χ1v) is 8.19. The van der Waals surface area contributed by atoms with Crippen molar-refractivity contribution in [2.24, 2.45) is 0 Å². The van der Waals surface area contributed by atoms with E-state index in [0.717, 1.165) is 0 Å². The van der Waals surface area contributed by atoms with E-state index in [-0.39, 0.29) is 18.4 Å². The number of amides is 4. The fourth-order valence-corrected chi connectivity index (χ4v) is 2.20. The van der Waals surface area contributed by atoms with Crippen LogP contribution >= 0.6 is 0 Å². The van der Waals surface area contributed by atoms with Crippen LogP contribution in [0.4, 0.5) is 16.2 Å². The summed E-state index contributed by atoms with van der Waals surface area (Å²) in [6.07, 6.45) is 0. The molecular weight excluding hydrogens is 348 g/mol. The van der Waals surface area contributed by atoms with Crippen molar-refractivity contribution in [2.45, 2.75) is 0 Å². The molecular formula is C19H22N4O4. The summed E-state index contributed by atoms with van der Waals surface area (Å²) < 4.78 is 5.08. The van der Waals surface area contributed by atoms with Crippen LogP contribution in [0.1, 0.15) is 10.4 Å². The third kappa shape index (κ3) is 6.03. The summed E-state index contributed by atoms with van der Waals surface area (Å²) in [4.78, 5) is 37.1. The Morgan fingerprint density at radius 3 is 2.30 bits per heavy atom. The molecule has 8 nitrogen and oxygen atoms in total. The Morgan fingerprint density at radius 2 is 1.67 bits per heavy atom. The summed E-state index contributed by atoms with van der Waals surface area (Å²) in [6.45, 7) is -0.200. The van der Waals surface area contributed by atoms with E-state index in [1.165, 1.54) is 12.0 Å². The molecule has 0 saturated carbocycles. The standard InChI is InChI=1S/C19H22N4O4/c1-23(2)18(25)13-7-9-14(10-8-13)21-17(24)12-20-19(26)22-15-5-4-6-16(11-15)27-3/h4-11H,12H2,1-3H3,(H,21,24)(H2,20,22,26). The van der Waals surface area contributed by atoms with E-state index in [1.807, 2.05) is 0 Å². The van der Waals surface area contributed by atoms with Crippen molar-refractivity contribution in [1.82, 2.24) is 10.2 Å². The molecule has 8 heteroatoms. The van der Waals surface area contributed by atoms with Gasteiger partial charge in [0.2, 0.25) is 5.91 Å². The Morgan fingerprint density at radius 1 is 0.963 bits per heavy atom. The summed E-state index contributed by atoms with van der Waals surface area (Å²) in [5.74, 6) is 0.105. The van der Waals surface area contributed by atoms with Gasteiger partial charge in [0.1, 0.15) is 5.75 Å². The average Bonchev–Trinajstić information content (AvgIpc) is 2.66. The lowest BCUT2D eigenvalue weighted by atomic mass is 10.2. The molecule has 2 rings (SSSR count). The monoisotopic (exact) mass is 370 g/mol. The quantitative estimate of drug-likeness (QED) is 0.725. The van der Waals surface area contributed by atoms with Gasteiger partial charge < -0.3 is 25.6 Å². The van der Waals surface area contributed by atoms with Crippen molar-refractivity contribution in [2.75, 3.05) is 38.4 Å². The van der Waals surface area contributed by atoms with Crippen LogP contribution in [0, 0.1) is 0 Å². The molecule has 3 N–H and O–H groups in total. The molecule has 0 saturated heterocycles. The Kier molecular flexibility index (Phi) is 6.76. The fraction of sp³-hybridized carbons (Fsp3) is 0.211. The predicted molar refractivity (Wildman–Crippen MR) is 103 cm³/mol. The molecule has 0 fully saturated rings. The van der Waals surface area contributed by atoms with Crippen LogP contribution in [0.3, 0.4) is 0 Å². The Bertz CT molecular complexity index is 819. The second-order valence-corrected chi connectivity index (χ2v) is 5.86. The average molecular weight is 370 g/mol. The number of rotatable bonds is 6. The molecule has 0 aromatic heterocycles. The molecule has 0 bridgehead atoms. The second-order valence-electron chi connectivity index (χ2n) is 5.86. The van der Waals surface area contributed by atoms with E-state index in [9.17, 15) is 14.4 Å². The molecule has 0 heterocycles. The Labute approximate surface area is 157 Å². The number of urea groups is 1. The Balaban J connectivity index is 1.81. The van der Waals surface area contributed by atoms with Gasteiger partial charge in [-0.05, 0) is 36.4 Å². The highest BCUT2D eigenvalue weighted by Gasteiger charge is 2.09. The number of hydrogen-bond donors (Lipinski definition) is 3. The first kappa shape index (κ1) is 19.8. The van der Waals surface area contributed by atoms with Crippen molar-refractivity contribution in [3.05, 3.63) is 54.1 Å². The molecule has 2 aromatic rings. The number of benzene rings is 2. The molecule has 0 aliphatic heterocycles. The normalized spacial score (nSPS) is 9.89. The van der Waals surface area contributed by atoms with E-state index in [0.29, 0.717) is 22.7 Å². The van der Waals surface area contributed by atoms with Crippen LogP contribution in [-0.4, -0.2) is 50.5 Å². The molecule has 2 aromatic carbocycles. The molecule has 4 amide bonds. The van der Waals surface area contributed by atoms with Crippen LogP contribution < -0.4 is 20.7 Å². The number of anilines is 2. The first-order chi connectivity index (χ1) is 12.9. The van der Waals surface area contributed by atoms with Crippen molar-refractivity contribution in [1.29, 1.82) is 0 Å². The van der Waals surface area contributed by atoms with E-state index in [1.54, 1.807) is 62.6 Å². The topological polar surface area (TPSA) is 99.8 Å². The largest absolute Gasteiger partial charge is 0.497 e. The number of carbonyl (C=O) groups is 3. The highest BCUT2D eigenvalue weighted by Crippen LogP contribution is 2.16. The van der Waals surface area contributed by atoms with Crippen LogP contribution in [0.2, 0.25) is 0 Å². The lowest BCUT2D eigenvalue weighted by molar-refractivity contribution is -0.115. The summed E-state index contributed by atoms with van der Waals surface area (Å²) in [7, 11) is 4.87. The molecule has 142 valence electrons. The third-order valence-corrected chi connectivity index (χ3v) is 3.56. The molecule has 0 spiro atoms. The van der Waals surface area contributed by atoms with Gasteiger partial charge in [0.25, 0.3) is 5.91 Å². The summed E-state index contributed by atoms with van der Waals surface area (Å²) in [6, 6.07) is 12.9. The van der Waals surface area contributed by atoms with E-state index in [4.69, 9.17) is 4.74 Å². The SMILES string of the molecule is COc1cccc(NC(=O)NCC(=O)Nc2ccc(C(=O)N(C)C)cc2)c1. The zero-order chi connectivity index (χ0) is 19.8. The van der Waals surface area contributed by atoms with Gasteiger partial charge in [-0.2, -0.15) is 0 Å². The maximum absolute atomic E-state index is 11.9. The molecule has 0 unspecified atom stereocenters. The Hall–Kier alpha value is -3.55. The van der Waals surface area contributed by atoms with Gasteiger partial charge in [-0.25, -0.2) is 4.79 Å². The minimum Gasteiger partial charge on any atom is -0.497 e. The number of nitrogens with zero attached hydrogens (tertiary/aromatic N) is 1. The summed E-state index contributed by atoms with van der Waals surface area (Å²) >= 11 is 0. The van der Waals surface area contributed by atoms with E-state index >= 15 is 0 Å². The van der Waals surface area contributed by atoms with Crippen LogP contribution in [0.15, 0.2) is 48.5 Å². The van der Waals surface area contributed by atoms with Crippen molar-refractivity contribution < 1.29 is 19.1 Å². The zero-order valence-corrected chi connectivity index (χ0v) is 15.4. The second kappa shape index (κ2) is 9.23. The van der Waals surface area contributed by atoms with Gasteiger partial charge in [0.05, 0.1) is 13.7 Å². The maximum atomic E-state index is 11.9. The minimum atomic E-state index is -0.509. The molecule has 27 heavy (non-hydrogen) atoms. The van der Waals surface area contributed by atoms with Crippen molar-refractivity contribution >= 4 is 29.2 Å². The fourth-order valence-electron chi connectivity index (χ4n) is 2.20. The highest BCUT2D eigenvalue weighted by atomic mass is 16.5. The molecule has 0 aliphatic carbocycles. The minimum absolute atomic E-state index is 0.122. The zero-order valence-electron chi connectivity index (χ0n) is 15.4. The van der Waals surface area contributed by atoms with Gasteiger partial charge in [0.15, 0.2) is 0 Å². The number of hydrogen-bond acceptors (Lipinski definition) is 4. The maximum Gasteiger partial charge on any atom is 0.319 e. The van der Waals surface area contributed by atoms with Gasteiger partial charge in [-0.3, -0.25) is 9.59 Å². The predicted octanol–water partition coefficient (Wildman–Crippen LogP) is 2.16. The molecule has 0 radical (unpaired) electrons. The lowest BCUT2D eigenvalue weighted by Crippen LogP contribution is -2.35. The third-order valence-electron chi connectivity index (χ3n) is 3.56.